The van der Waals surface area contributed by atoms with Gasteiger partial charge in [0, 0.05) is 19.0 Å². The summed E-state index contributed by atoms with van der Waals surface area (Å²) in [7, 11) is 0. The topological polar surface area (TPSA) is 64.3 Å². The second-order valence-corrected chi connectivity index (χ2v) is 5.03. The van der Waals surface area contributed by atoms with Crippen molar-refractivity contribution in [2.24, 2.45) is 0 Å². The third-order valence-electron chi connectivity index (χ3n) is 3.36. The highest BCUT2D eigenvalue weighted by atomic mass is 35.5. The van der Waals surface area contributed by atoms with Gasteiger partial charge in [-0.15, -0.1) is 0 Å². The van der Waals surface area contributed by atoms with E-state index in [1.54, 1.807) is 18.5 Å². The van der Waals surface area contributed by atoms with Crippen LogP contribution in [0.2, 0.25) is 5.02 Å². The first kappa shape index (κ1) is 12.4. The second-order valence-electron chi connectivity index (χ2n) is 4.63. The average molecular weight is 281 g/mol. The Labute approximate surface area is 114 Å². The number of nitrogens with zero attached hydrogens (tertiary/aromatic N) is 2. The summed E-state index contributed by atoms with van der Waals surface area (Å²) in [5.41, 5.74) is 0.784. The predicted octanol–water partition coefficient (Wildman–Crippen LogP) is 2.57. The monoisotopic (exact) mass is 280 g/mol. The summed E-state index contributed by atoms with van der Waals surface area (Å²) in [5.74, 6) is -0.994. The van der Waals surface area contributed by atoms with Crippen LogP contribution >= 0.6 is 11.6 Å². The zero-order valence-corrected chi connectivity index (χ0v) is 10.9. The molecule has 1 N–H and O–H groups in total. The molecule has 0 aliphatic carbocycles. The van der Waals surface area contributed by atoms with Gasteiger partial charge in [-0.3, -0.25) is 0 Å². The van der Waals surface area contributed by atoms with Crippen molar-refractivity contribution in [1.29, 1.82) is 0 Å². The fourth-order valence-electron chi connectivity index (χ4n) is 2.49. The molecule has 6 heteroatoms. The maximum atomic E-state index is 11.3. The molecule has 0 saturated carbocycles. The van der Waals surface area contributed by atoms with Gasteiger partial charge in [0.15, 0.2) is 0 Å². The Balaban J connectivity index is 2.09. The Bertz CT molecular complexity index is 632. The van der Waals surface area contributed by atoms with E-state index in [2.05, 4.69) is 4.98 Å². The highest BCUT2D eigenvalue weighted by Crippen LogP contribution is 2.28. The third kappa shape index (κ3) is 2.19. The Morgan fingerprint density at radius 2 is 2.47 bits per heavy atom. The molecular weight excluding hydrogens is 268 g/mol. The molecule has 1 aliphatic rings. The van der Waals surface area contributed by atoms with Crippen LogP contribution < -0.4 is 0 Å². The van der Waals surface area contributed by atoms with Crippen LogP contribution in [0, 0.1) is 0 Å². The molecule has 5 nitrogen and oxygen atoms in total. The molecule has 1 unspecified atom stereocenters. The Morgan fingerprint density at radius 1 is 1.63 bits per heavy atom. The van der Waals surface area contributed by atoms with Gasteiger partial charge in [0.05, 0.1) is 28.6 Å². The fourth-order valence-corrected chi connectivity index (χ4v) is 2.73. The van der Waals surface area contributed by atoms with Crippen molar-refractivity contribution in [3.05, 3.63) is 29.0 Å². The van der Waals surface area contributed by atoms with Gasteiger partial charge < -0.3 is 14.4 Å². The van der Waals surface area contributed by atoms with Crippen molar-refractivity contribution in [3.8, 4) is 0 Å². The van der Waals surface area contributed by atoms with Crippen LogP contribution in [0.15, 0.2) is 18.5 Å². The quantitative estimate of drug-likeness (QED) is 0.938. The molecule has 2 aromatic rings. The number of hydrogen-bond donors (Lipinski definition) is 1. The average Bonchev–Trinajstić information content (AvgIpc) is 2.99. The minimum atomic E-state index is -0.994. The molecule has 100 valence electrons. The van der Waals surface area contributed by atoms with E-state index >= 15 is 0 Å². The van der Waals surface area contributed by atoms with Gasteiger partial charge in [0.1, 0.15) is 5.65 Å². The first-order chi connectivity index (χ1) is 9.16. The normalized spacial score (nSPS) is 19.1. The van der Waals surface area contributed by atoms with Gasteiger partial charge in [0.2, 0.25) is 0 Å². The number of halogens is 1. The number of fused-ring (bicyclic) bond motifs is 1. The first-order valence-corrected chi connectivity index (χ1v) is 6.53. The molecule has 19 heavy (non-hydrogen) atoms. The molecule has 3 rings (SSSR count). The molecule has 2 aromatic heterocycles. The Hall–Kier alpha value is -1.59. The third-order valence-corrected chi connectivity index (χ3v) is 3.68. The number of carboxylic acid groups (broad SMARTS) is 1. The van der Waals surface area contributed by atoms with E-state index in [0.717, 1.165) is 19.4 Å². The lowest BCUT2D eigenvalue weighted by atomic mass is 10.2. The zero-order chi connectivity index (χ0) is 13.4. The van der Waals surface area contributed by atoms with E-state index in [1.807, 2.05) is 4.57 Å². The van der Waals surface area contributed by atoms with Gasteiger partial charge in [-0.25, -0.2) is 9.78 Å². The van der Waals surface area contributed by atoms with E-state index in [0.29, 0.717) is 22.6 Å². The largest absolute Gasteiger partial charge is 0.478 e. The number of aromatic carboxylic acids is 1. The number of aromatic nitrogens is 2. The van der Waals surface area contributed by atoms with E-state index < -0.39 is 5.97 Å². The first-order valence-electron chi connectivity index (χ1n) is 6.15. The lowest BCUT2D eigenvalue weighted by molar-refractivity contribution is 0.0697. The zero-order valence-electron chi connectivity index (χ0n) is 10.2. The summed E-state index contributed by atoms with van der Waals surface area (Å²) < 4.78 is 7.40. The van der Waals surface area contributed by atoms with Crippen LogP contribution in [-0.2, 0) is 11.3 Å². The van der Waals surface area contributed by atoms with E-state index in [4.69, 9.17) is 16.3 Å². The van der Waals surface area contributed by atoms with Gasteiger partial charge in [-0.2, -0.15) is 0 Å². The van der Waals surface area contributed by atoms with Crippen molar-refractivity contribution in [1.82, 2.24) is 9.55 Å². The molecule has 0 amide bonds. The molecule has 0 bridgehead atoms. The highest BCUT2D eigenvalue weighted by Gasteiger charge is 2.21. The predicted molar refractivity (Wildman–Crippen MR) is 70.7 cm³/mol. The van der Waals surface area contributed by atoms with Gasteiger partial charge in [-0.05, 0) is 18.9 Å². The minimum absolute atomic E-state index is 0.123. The fraction of sp³-hybridized carbons (Fsp3) is 0.385. The van der Waals surface area contributed by atoms with Crippen LogP contribution in [0.3, 0.4) is 0 Å². The summed E-state index contributed by atoms with van der Waals surface area (Å²) in [4.78, 5) is 15.5. The van der Waals surface area contributed by atoms with E-state index in [9.17, 15) is 9.90 Å². The smallest absolute Gasteiger partial charge is 0.337 e. The van der Waals surface area contributed by atoms with Gasteiger partial charge in [-0.1, -0.05) is 11.6 Å². The minimum Gasteiger partial charge on any atom is -0.478 e. The summed E-state index contributed by atoms with van der Waals surface area (Å²) in [6.45, 7) is 1.38. The number of carbonyl (C=O) groups is 1. The number of pyridine rings is 1. The molecule has 0 radical (unpaired) electrons. The molecule has 0 spiro atoms. The summed E-state index contributed by atoms with van der Waals surface area (Å²) in [5, 5.41) is 10.2. The van der Waals surface area contributed by atoms with Crippen molar-refractivity contribution in [2.45, 2.75) is 25.5 Å². The van der Waals surface area contributed by atoms with Crippen LogP contribution in [0.5, 0.6) is 0 Å². The van der Waals surface area contributed by atoms with E-state index in [1.165, 1.54) is 0 Å². The van der Waals surface area contributed by atoms with Crippen molar-refractivity contribution in [3.63, 3.8) is 0 Å². The summed E-state index contributed by atoms with van der Waals surface area (Å²) in [6, 6.07) is 1.60. The maximum Gasteiger partial charge on any atom is 0.337 e. The Morgan fingerprint density at radius 3 is 3.16 bits per heavy atom. The lowest BCUT2D eigenvalue weighted by Crippen LogP contribution is -2.14. The second kappa shape index (κ2) is 4.83. The Kier molecular flexibility index (Phi) is 3.16. The lowest BCUT2D eigenvalue weighted by Gasteiger charge is -2.10. The van der Waals surface area contributed by atoms with Crippen LogP contribution in [0.1, 0.15) is 23.2 Å². The van der Waals surface area contributed by atoms with E-state index in [-0.39, 0.29) is 11.7 Å². The molecular formula is C13H13ClN2O3. The summed E-state index contributed by atoms with van der Waals surface area (Å²) in [6.07, 6.45) is 5.33. The molecule has 1 aliphatic heterocycles. The number of hydrogen-bond acceptors (Lipinski definition) is 3. The molecule has 0 aromatic carbocycles. The van der Waals surface area contributed by atoms with Gasteiger partial charge in [0.25, 0.3) is 0 Å². The van der Waals surface area contributed by atoms with Crippen LogP contribution in [0.25, 0.3) is 11.0 Å². The number of ether oxygens (including phenoxy) is 1. The summed E-state index contributed by atoms with van der Waals surface area (Å²) >= 11 is 6.09. The van der Waals surface area contributed by atoms with Crippen LogP contribution in [-0.4, -0.2) is 33.3 Å². The number of carboxylic acids is 1. The van der Waals surface area contributed by atoms with Gasteiger partial charge >= 0.3 is 5.97 Å². The number of rotatable bonds is 3. The SMILES string of the molecule is O=C(O)c1cn(CC2CCCO2)c2nccc(Cl)c12. The molecule has 1 atom stereocenters. The van der Waals surface area contributed by atoms with Crippen molar-refractivity contribution >= 4 is 28.6 Å². The molecule has 3 heterocycles. The van der Waals surface area contributed by atoms with Crippen molar-refractivity contribution < 1.29 is 14.6 Å². The highest BCUT2D eigenvalue weighted by molar-refractivity contribution is 6.36. The van der Waals surface area contributed by atoms with Crippen LogP contribution in [0.4, 0.5) is 0 Å². The molecule has 1 fully saturated rings. The standard InChI is InChI=1S/C13H13ClN2O3/c14-10-3-4-15-12-11(10)9(13(17)18)7-16(12)6-8-2-1-5-19-8/h3-4,7-8H,1-2,5-6H2,(H,17,18). The molecule has 1 saturated heterocycles. The van der Waals surface area contributed by atoms with Crippen molar-refractivity contribution in [2.75, 3.05) is 6.61 Å². The maximum absolute atomic E-state index is 11.3.